The number of aromatic nitrogens is 2. The SMILES string of the molecule is CCOc1ccccc1NC(=O)CC1CSc2nc(C)cc(=O)n21. The molecule has 2 heterocycles. The Bertz CT molecular complexity index is 819. The summed E-state index contributed by atoms with van der Waals surface area (Å²) in [5, 5.41) is 3.56. The predicted molar refractivity (Wildman–Crippen MR) is 93.9 cm³/mol. The van der Waals surface area contributed by atoms with E-state index in [1.807, 2.05) is 25.1 Å². The Morgan fingerprint density at radius 3 is 3.04 bits per heavy atom. The molecule has 0 fully saturated rings. The number of ether oxygens (including phenoxy) is 1. The van der Waals surface area contributed by atoms with E-state index in [0.717, 1.165) is 0 Å². The zero-order chi connectivity index (χ0) is 17.1. The topological polar surface area (TPSA) is 73.2 Å². The van der Waals surface area contributed by atoms with Gasteiger partial charge in [0.05, 0.1) is 18.3 Å². The van der Waals surface area contributed by atoms with Crippen molar-refractivity contribution in [2.24, 2.45) is 0 Å². The monoisotopic (exact) mass is 345 g/mol. The standard InChI is InChI=1S/C17H19N3O3S/c1-3-23-14-7-5-4-6-13(14)19-15(21)9-12-10-24-17-18-11(2)8-16(22)20(12)17/h4-8,12H,3,9-10H2,1-2H3,(H,19,21). The van der Waals surface area contributed by atoms with Crippen LogP contribution in [-0.2, 0) is 4.79 Å². The van der Waals surface area contributed by atoms with Gasteiger partial charge in [-0.2, -0.15) is 0 Å². The van der Waals surface area contributed by atoms with Crippen LogP contribution in [0.3, 0.4) is 0 Å². The highest BCUT2D eigenvalue weighted by molar-refractivity contribution is 7.99. The number of hydrogen-bond acceptors (Lipinski definition) is 5. The summed E-state index contributed by atoms with van der Waals surface area (Å²) in [5.74, 6) is 1.17. The summed E-state index contributed by atoms with van der Waals surface area (Å²) in [6.45, 7) is 4.22. The molecule has 0 aliphatic carbocycles. The summed E-state index contributed by atoms with van der Waals surface area (Å²) in [5.41, 5.74) is 1.24. The third kappa shape index (κ3) is 3.46. The Kier molecular flexibility index (Phi) is 4.89. The number of carbonyl (C=O) groups is 1. The van der Waals surface area contributed by atoms with Gasteiger partial charge in [0.25, 0.3) is 5.56 Å². The summed E-state index contributed by atoms with van der Waals surface area (Å²) in [4.78, 5) is 28.9. The van der Waals surface area contributed by atoms with Crippen molar-refractivity contribution in [1.82, 2.24) is 9.55 Å². The largest absolute Gasteiger partial charge is 0.492 e. The fraction of sp³-hybridized carbons (Fsp3) is 0.353. The summed E-state index contributed by atoms with van der Waals surface area (Å²) in [6, 6.07) is 8.65. The first-order valence-electron chi connectivity index (χ1n) is 7.83. The Labute approximate surface area is 144 Å². The van der Waals surface area contributed by atoms with Gasteiger partial charge in [-0.05, 0) is 26.0 Å². The first-order chi connectivity index (χ1) is 11.6. The molecule has 1 aromatic carbocycles. The highest BCUT2D eigenvalue weighted by Gasteiger charge is 2.27. The number of amides is 1. The third-order valence-corrected chi connectivity index (χ3v) is 4.80. The lowest BCUT2D eigenvalue weighted by molar-refractivity contribution is -0.116. The van der Waals surface area contributed by atoms with Crippen LogP contribution in [0.1, 0.15) is 25.1 Å². The maximum Gasteiger partial charge on any atom is 0.254 e. The van der Waals surface area contributed by atoms with Crippen LogP contribution in [0.4, 0.5) is 5.69 Å². The average molecular weight is 345 g/mol. The second kappa shape index (κ2) is 7.09. The molecule has 1 aliphatic heterocycles. The van der Waals surface area contributed by atoms with E-state index in [4.69, 9.17) is 4.74 Å². The van der Waals surface area contributed by atoms with Crippen molar-refractivity contribution in [1.29, 1.82) is 0 Å². The highest BCUT2D eigenvalue weighted by Crippen LogP contribution is 2.32. The van der Waals surface area contributed by atoms with E-state index in [9.17, 15) is 9.59 Å². The van der Waals surface area contributed by atoms with E-state index in [2.05, 4.69) is 10.3 Å². The van der Waals surface area contributed by atoms with Crippen molar-refractivity contribution in [3.63, 3.8) is 0 Å². The van der Waals surface area contributed by atoms with Gasteiger partial charge >= 0.3 is 0 Å². The fourth-order valence-corrected chi connectivity index (χ4v) is 3.87. The second-order valence-corrected chi connectivity index (χ2v) is 6.52. The average Bonchev–Trinajstić information content (AvgIpc) is 2.92. The van der Waals surface area contributed by atoms with Crippen molar-refractivity contribution in [2.45, 2.75) is 31.5 Å². The van der Waals surface area contributed by atoms with Gasteiger partial charge in [0, 0.05) is 23.9 Å². The quantitative estimate of drug-likeness (QED) is 0.843. The molecule has 1 aromatic heterocycles. The van der Waals surface area contributed by atoms with Crippen LogP contribution in [-0.4, -0.2) is 27.8 Å². The molecular weight excluding hydrogens is 326 g/mol. The van der Waals surface area contributed by atoms with Gasteiger partial charge in [-0.1, -0.05) is 23.9 Å². The predicted octanol–water partition coefficient (Wildman–Crippen LogP) is 2.63. The van der Waals surface area contributed by atoms with Crippen molar-refractivity contribution in [3.05, 3.63) is 46.4 Å². The normalized spacial score (nSPS) is 15.8. The maximum atomic E-state index is 12.4. The molecule has 1 atom stereocenters. The van der Waals surface area contributed by atoms with Crippen molar-refractivity contribution < 1.29 is 9.53 Å². The second-order valence-electron chi connectivity index (χ2n) is 5.53. The number of nitrogens with zero attached hydrogens (tertiary/aromatic N) is 2. The Morgan fingerprint density at radius 1 is 1.46 bits per heavy atom. The summed E-state index contributed by atoms with van der Waals surface area (Å²) in [6.07, 6.45) is 0.227. The summed E-state index contributed by atoms with van der Waals surface area (Å²) in [7, 11) is 0. The van der Waals surface area contributed by atoms with E-state index in [1.54, 1.807) is 17.6 Å². The zero-order valence-corrected chi connectivity index (χ0v) is 14.4. The van der Waals surface area contributed by atoms with Crippen LogP contribution in [0.2, 0.25) is 0 Å². The van der Waals surface area contributed by atoms with Crippen molar-refractivity contribution in [3.8, 4) is 5.75 Å². The molecule has 1 amide bonds. The summed E-state index contributed by atoms with van der Waals surface area (Å²) < 4.78 is 7.13. The number of hydrogen-bond donors (Lipinski definition) is 1. The van der Waals surface area contributed by atoms with Crippen molar-refractivity contribution in [2.75, 3.05) is 17.7 Å². The van der Waals surface area contributed by atoms with Gasteiger partial charge in [0.1, 0.15) is 5.75 Å². The van der Waals surface area contributed by atoms with Crippen LogP contribution in [0.15, 0.2) is 40.3 Å². The van der Waals surface area contributed by atoms with Crippen molar-refractivity contribution >= 4 is 23.4 Å². The van der Waals surface area contributed by atoms with Gasteiger partial charge in [-0.15, -0.1) is 0 Å². The molecule has 1 unspecified atom stereocenters. The smallest absolute Gasteiger partial charge is 0.254 e. The number of fused-ring (bicyclic) bond motifs is 1. The molecule has 0 saturated heterocycles. The number of aryl methyl sites for hydroxylation is 1. The molecule has 0 radical (unpaired) electrons. The number of carbonyl (C=O) groups excluding carboxylic acids is 1. The van der Waals surface area contributed by atoms with Crippen LogP contribution >= 0.6 is 11.8 Å². The highest BCUT2D eigenvalue weighted by atomic mass is 32.2. The number of thioether (sulfide) groups is 1. The molecule has 24 heavy (non-hydrogen) atoms. The van der Waals surface area contributed by atoms with E-state index in [-0.39, 0.29) is 23.9 Å². The molecule has 6 nitrogen and oxygen atoms in total. The first-order valence-corrected chi connectivity index (χ1v) is 8.81. The van der Waals surface area contributed by atoms with E-state index < -0.39 is 0 Å². The number of para-hydroxylation sites is 2. The number of rotatable bonds is 5. The van der Waals surface area contributed by atoms with Crippen LogP contribution < -0.4 is 15.6 Å². The van der Waals surface area contributed by atoms with Gasteiger partial charge in [-0.25, -0.2) is 4.98 Å². The molecule has 1 N–H and O–H groups in total. The Hall–Kier alpha value is -2.28. The molecule has 126 valence electrons. The molecular formula is C17H19N3O3S. The molecule has 3 rings (SSSR count). The fourth-order valence-electron chi connectivity index (χ4n) is 2.68. The minimum absolute atomic E-state index is 0.102. The summed E-state index contributed by atoms with van der Waals surface area (Å²) >= 11 is 1.51. The number of benzene rings is 1. The Morgan fingerprint density at radius 2 is 2.25 bits per heavy atom. The molecule has 1 aliphatic rings. The van der Waals surface area contributed by atoms with Gasteiger partial charge in [0.2, 0.25) is 5.91 Å². The lowest BCUT2D eigenvalue weighted by Gasteiger charge is -2.15. The number of anilines is 1. The zero-order valence-electron chi connectivity index (χ0n) is 13.6. The van der Waals surface area contributed by atoms with Crippen LogP contribution in [0.5, 0.6) is 5.75 Å². The third-order valence-electron chi connectivity index (χ3n) is 3.70. The molecule has 0 saturated carbocycles. The first kappa shape index (κ1) is 16.6. The van der Waals surface area contributed by atoms with E-state index >= 15 is 0 Å². The minimum Gasteiger partial charge on any atom is -0.492 e. The van der Waals surface area contributed by atoms with Crippen LogP contribution in [0, 0.1) is 6.92 Å². The van der Waals surface area contributed by atoms with Gasteiger partial charge in [-0.3, -0.25) is 14.2 Å². The maximum absolute atomic E-state index is 12.4. The molecule has 7 heteroatoms. The molecule has 0 bridgehead atoms. The van der Waals surface area contributed by atoms with E-state index in [0.29, 0.717) is 34.6 Å². The molecule has 2 aromatic rings. The van der Waals surface area contributed by atoms with Gasteiger partial charge < -0.3 is 10.1 Å². The Balaban J connectivity index is 1.73. The number of nitrogens with one attached hydrogen (secondary N) is 1. The molecule has 0 spiro atoms. The van der Waals surface area contributed by atoms with Gasteiger partial charge in [0.15, 0.2) is 5.16 Å². The lowest BCUT2D eigenvalue weighted by atomic mass is 10.2. The lowest BCUT2D eigenvalue weighted by Crippen LogP contribution is -2.27. The van der Waals surface area contributed by atoms with Crippen LogP contribution in [0.25, 0.3) is 0 Å². The van der Waals surface area contributed by atoms with E-state index in [1.165, 1.54) is 17.8 Å². The minimum atomic E-state index is -0.176.